The number of aliphatic imine (C=N–C) groups is 1. The van der Waals surface area contributed by atoms with Crippen molar-refractivity contribution in [2.75, 3.05) is 19.6 Å². The quantitative estimate of drug-likeness (QED) is 0.465. The summed E-state index contributed by atoms with van der Waals surface area (Å²) < 4.78 is 0. The number of hydrogen-bond donors (Lipinski definition) is 0. The number of likely N-dealkylation sites (tertiary alicyclic amines) is 1. The molecule has 4 heteroatoms. The predicted molar refractivity (Wildman–Crippen MR) is 91.4 cm³/mol. The lowest BCUT2D eigenvalue weighted by Crippen LogP contribution is -2.25. The molecule has 2 rings (SSSR count). The van der Waals surface area contributed by atoms with Gasteiger partial charge in [-0.3, -0.25) is 4.99 Å². The predicted octanol–water partition coefficient (Wildman–Crippen LogP) is 4.14. The van der Waals surface area contributed by atoms with Gasteiger partial charge in [0.25, 0.3) is 0 Å². The molecule has 0 radical (unpaired) electrons. The maximum absolute atomic E-state index is 4.63. The fourth-order valence-corrected chi connectivity index (χ4v) is 3.03. The second-order valence-electron chi connectivity index (χ2n) is 4.38. The van der Waals surface area contributed by atoms with E-state index in [0.717, 1.165) is 18.8 Å². The van der Waals surface area contributed by atoms with Crippen molar-refractivity contribution in [2.45, 2.75) is 18.6 Å². The van der Waals surface area contributed by atoms with Crippen molar-refractivity contribution in [3.8, 4) is 0 Å². The van der Waals surface area contributed by atoms with E-state index in [1.807, 2.05) is 17.8 Å². The van der Waals surface area contributed by atoms with Crippen LogP contribution in [0.25, 0.3) is 0 Å². The Labute approximate surface area is 130 Å². The fraction of sp³-hybridized carbons (Fsp3) is 0.400. The molecule has 1 fully saturated rings. The molecule has 1 aromatic rings. The summed E-state index contributed by atoms with van der Waals surface area (Å²) in [5, 5.41) is 1.18. The SMILES string of the molecule is Br.C=CCN=C(SCc1ccccc1)N1CCCC1. The normalized spacial score (nSPS) is 15.2. The van der Waals surface area contributed by atoms with E-state index >= 15 is 0 Å². The van der Waals surface area contributed by atoms with E-state index in [4.69, 9.17) is 0 Å². The summed E-state index contributed by atoms with van der Waals surface area (Å²) in [6.07, 6.45) is 4.44. The Balaban J connectivity index is 0.00000180. The molecule has 0 unspecified atom stereocenters. The van der Waals surface area contributed by atoms with Crippen LogP contribution in [0.15, 0.2) is 48.0 Å². The second kappa shape index (κ2) is 9.21. The number of nitrogens with zero attached hydrogens (tertiary/aromatic N) is 2. The summed E-state index contributed by atoms with van der Waals surface area (Å²) in [5.74, 6) is 0.993. The molecular weight excluding hydrogens is 320 g/mol. The van der Waals surface area contributed by atoms with E-state index in [9.17, 15) is 0 Å². The Morgan fingerprint density at radius 1 is 1.26 bits per heavy atom. The van der Waals surface area contributed by atoms with Crippen molar-refractivity contribution < 1.29 is 0 Å². The monoisotopic (exact) mass is 340 g/mol. The second-order valence-corrected chi connectivity index (χ2v) is 5.32. The van der Waals surface area contributed by atoms with Crippen LogP contribution in [0.5, 0.6) is 0 Å². The molecule has 0 bridgehead atoms. The summed E-state index contributed by atoms with van der Waals surface area (Å²) in [7, 11) is 0. The topological polar surface area (TPSA) is 15.6 Å². The molecule has 0 aliphatic carbocycles. The zero-order valence-electron chi connectivity index (χ0n) is 11.1. The van der Waals surface area contributed by atoms with Crippen LogP contribution in [0, 0.1) is 0 Å². The molecule has 0 spiro atoms. The molecule has 1 aromatic carbocycles. The number of amidine groups is 1. The van der Waals surface area contributed by atoms with Gasteiger partial charge in [-0.25, -0.2) is 0 Å². The highest BCUT2D eigenvalue weighted by Gasteiger charge is 2.16. The number of halogens is 1. The number of rotatable bonds is 4. The summed E-state index contributed by atoms with van der Waals surface area (Å²) in [5.41, 5.74) is 1.35. The van der Waals surface area contributed by atoms with E-state index in [1.165, 1.54) is 23.6 Å². The standard InChI is InChI=1S/C15H20N2S.BrH/c1-2-10-16-15(17-11-6-7-12-17)18-13-14-8-4-3-5-9-14;/h2-5,8-9H,1,6-7,10-13H2;1H. The van der Waals surface area contributed by atoms with Gasteiger partial charge in [0.15, 0.2) is 5.17 Å². The number of thioether (sulfide) groups is 1. The van der Waals surface area contributed by atoms with Gasteiger partial charge in [-0.2, -0.15) is 0 Å². The summed E-state index contributed by atoms with van der Waals surface area (Å²) >= 11 is 1.84. The van der Waals surface area contributed by atoms with Crippen LogP contribution < -0.4 is 0 Å². The summed E-state index contributed by atoms with van der Waals surface area (Å²) in [6, 6.07) is 10.6. The van der Waals surface area contributed by atoms with Crippen LogP contribution >= 0.6 is 28.7 Å². The first-order valence-corrected chi connectivity index (χ1v) is 7.46. The average Bonchev–Trinajstić information content (AvgIpc) is 2.94. The van der Waals surface area contributed by atoms with Crippen molar-refractivity contribution in [1.29, 1.82) is 0 Å². The largest absolute Gasteiger partial charge is 0.351 e. The van der Waals surface area contributed by atoms with Crippen LogP contribution in [0.4, 0.5) is 0 Å². The van der Waals surface area contributed by atoms with Crippen molar-refractivity contribution in [2.24, 2.45) is 4.99 Å². The Bertz CT molecular complexity index is 400. The van der Waals surface area contributed by atoms with E-state index in [2.05, 4.69) is 46.8 Å². The third kappa shape index (κ3) is 5.41. The molecule has 0 aromatic heterocycles. The molecule has 1 aliphatic rings. The van der Waals surface area contributed by atoms with Crippen molar-refractivity contribution in [1.82, 2.24) is 4.90 Å². The van der Waals surface area contributed by atoms with Crippen LogP contribution in [0.2, 0.25) is 0 Å². The Kier molecular flexibility index (Phi) is 7.91. The maximum atomic E-state index is 4.63. The minimum absolute atomic E-state index is 0. The van der Waals surface area contributed by atoms with E-state index in [-0.39, 0.29) is 17.0 Å². The first-order valence-electron chi connectivity index (χ1n) is 6.47. The zero-order chi connectivity index (χ0) is 12.6. The van der Waals surface area contributed by atoms with Gasteiger partial charge in [0, 0.05) is 18.8 Å². The lowest BCUT2D eigenvalue weighted by molar-refractivity contribution is 0.528. The van der Waals surface area contributed by atoms with Crippen LogP contribution in [-0.4, -0.2) is 29.7 Å². The van der Waals surface area contributed by atoms with Crippen molar-refractivity contribution >= 4 is 33.9 Å². The molecule has 0 saturated carbocycles. The molecule has 1 saturated heterocycles. The minimum atomic E-state index is 0. The third-order valence-corrected chi connectivity index (χ3v) is 4.07. The van der Waals surface area contributed by atoms with Gasteiger partial charge in [0.1, 0.15) is 0 Å². The molecule has 0 N–H and O–H groups in total. The zero-order valence-corrected chi connectivity index (χ0v) is 13.7. The van der Waals surface area contributed by atoms with Crippen LogP contribution in [0.3, 0.4) is 0 Å². The smallest absolute Gasteiger partial charge is 0.159 e. The fourth-order valence-electron chi connectivity index (χ4n) is 2.01. The molecule has 104 valence electrons. The van der Waals surface area contributed by atoms with Crippen molar-refractivity contribution in [3.63, 3.8) is 0 Å². The first kappa shape index (κ1) is 16.3. The minimum Gasteiger partial charge on any atom is -0.351 e. The number of benzene rings is 1. The molecule has 0 atom stereocenters. The maximum Gasteiger partial charge on any atom is 0.159 e. The average molecular weight is 341 g/mol. The van der Waals surface area contributed by atoms with Crippen molar-refractivity contribution in [3.05, 3.63) is 48.6 Å². The molecule has 1 aliphatic heterocycles. The number of hydrogen-bond acceptors (Lipinski definition) is 2. The molecule has 2 nitrogen and oxygen atoms in total. The highest BCUT2D eigenvalue weighted by atomic mass is 79.9. The van der Waals surface area contributed by atoms with Crippen LogP contribution in [0.1, 0.15) is 18.4 Å². The van der Waals surface area contributed by atoms with Gasteiger partial charge in [0.2, 0.25) is 0 Å². The Morgan fingerprint density at radius 3 is 2.58 bits per heavy atom. The van der Waals surface area contributed by atoms with E-state index in [1.54, 1.807) is 0 Å². The highest BCUT2D eigenvalue weighted by molar-refractivity contribution is 8.93. The molecular formula is C15H21BrN2S. The Morgan fingerprint density at radius 2 is 1.95 bits per heavy atom. The molecule has 19 heavy (non-hydrogen) atoms. The lowest BCUT2D eigenvalue weighted by Gasteiger charge is -2.19. The third-order valence-electron chi connectivity index (χ3n) is 2.94. The van der Waals surface area contributed by atoms with Gasteiger partial charge < -0.3 is 4.90 Å². The van der Waals surface area contributed by atoms with E-state index in [0.29, 0.717) is 6.54 Å². The van der Waals surface area contributed by atoms with Gasteiger partial charge in [-0.1, -0.05) is 48.2 Å². The molecule has 1 heterocycles. The van der Waals surface area contributed by atoms with E-state index < -0.39 is 0 Å². The van der Waals surface area contributed by atoms with Gasteiger partial charge in [-0.15, -0.1) is 23.6 Å². The summed E-state index contributed by atoms with van der Waals surface area (Å²) in [6.45, 7) is 6.76. The van der Waals surface area contributed by atoms with Gasteiger partial charge >= 0.3 is 0 Å². The highest BCUT2D eigenvalue weighted by Crippen LogP contribution is 2.20. The molecule has 0 amide bonds. The van der Waals surface area contributed by atoms with Gasteiger partial charge in [0.05, 0.1) is 6.54 Å². The Hall–Kier alpha value is -0.740. The lowest BCUT2D eigenvalue weighted by atomic mass is 10.2. The van der Waals surface area contributed by atoms with Crippen LogP contribution in [-0.2, 0) is 5.75 Å². The van der Waals surface area contributed by atoms with Gasteiger partial charge in [-0.05, 0) is 18.4 Å². The summed E-state index contributed by atoms with van der Waals surface area (Å²) in [4.78, 5) is 7.03. The first-order chi connectivity index (χ1) is 8.90.